The lowest BCUT2D eigenvalue weighted by Gasteiger charge is -2.31. The molecule has 0 aromatic heterocycles. The lowest BCUT2D eigenvalue weighted by molar-refractivity contribution is -0.142. The normalized spacial score (nSPS) is 12.1. The Morgan fingerprint density at radius 1 is 1.03 bits per heavy atom. The van der Waals surface area contributed by atoms with Crippen molar-refractivity contribution in [2.75, 3.05) is 13.7 Å². The number of nitrogens with zero attached hydrogens (tertiary/aromatic N) is 1. The van der Waals surface area contributed by atoms with Crippen LogP contribution in [0.15, 0.2) is 48.5 Å². The van der Waals surface area contributed by atoms with Crippen molar-refractivity contribution < 1.29 is 19.1 Å². The molecule has 0 fully saturated rings. The molecule has 0 radical (unpaired) electrons. The van der Waals surface area contributed by atoms with Gasteiger partial charge in [0.2, 0.25) is 5.91 Å². The molecule has 1 atom stereocenters. The first-order valence-electron chi connectivity index (χ1n) is 10.0. The fraction of sp³-hybridized carbons (Fsp3) is 0.417. The van der Waals surface area contributed by atoms with E-state index in [-0.39, 0.29) is 18.4 Å². The molecule has 0 heterocycles. The van der Waals surface area contributed by atoms with Crippen LogP contribution in [0.1, 0.15) is 38.8 Å². The van der Waals surface area contributed by atoms with E-state index in [0.29, 0.717) is 18.0 Å². The zero-order chi connectivity index (χ0) is 22.3. The number of para-hydroxylation sites is 2. The van der Waals surface area contributed by atoms with Crippen LogP contribution in [0.3, 0.4) is 0 Å². The quantitative estimate of drug-likeness (QED) is 0.718. The Bertz CT molecular complexity index is 856. The second kappa shape index (κ2) is 10.1. The summed E-state index contributed by atoms with van der Waals surface area (Å²) in [5.41, 5.74) is 1.69. The van der Waals surface area contributed by atoms with Gasteiger partial charge in [0, 0.05) is 12.1 Å². The van der Waals surface area contributed by atoms with Crippen LogP contribution in [0.5, 0.6) is 11.5 Å². The number of carbonyl (C=O) groups is 2. The van der Waals surface area contributed by atoms with E-state index in [1.165, 1.54) is 0 Å². The van der Waals surface area contributed by atoms with Crippen molar-refractivity contribution in [2.45, 2.75) is 52.7 Å². The summed E-state index contributed by atoms with van der Waals surface area (Å²) in [6.07, 6.45) is 0. The first-order valence-corrected chi connectivity index (χ1v) is 10.0. The molecule has 6 heteroatoms. The van der Waals surface area contributed by atoms with Gasteiger partial charge in [0.1, 0.15) is 6.04 Å². The second-order valence-electron chi connectivity index (χ2n) is 8.36. The average Bonchev–Trinajstić information content (AvgIpc) is 2.70. The molecule has 0 saturated heterocycles. The standard InChI is InChI=1S/C24H32N2O4/c1-17-11-13-19(14-12-17)15-26(18(2)23(28)25-24(3,4)5)22(27)16-30-21-10-8-7-9-20(21)29-6/h7-14,18H,15-16H2,1-6H3,(H,25,28)/t18-/m0/s1. The molecule has 0 aliphatic carbocycles. The first kappa shape index (κ1) is 23.3. The zero-order valence-corrected chi connectivity index (χ0v) is 18.7. The molecule has 1 N–H and O–H groups in total. The van der Waals surface area contributed by atoms with E-state index >= 15 is 0 Å². The molecule has 2 amide bonds. The van der Waals surface area contributed by atoms with E-state index in [0.717, 1.165) is 11.1 Å². The Balaban J connectivity index is 2.19. The minimum absolute atomic E-state index is 0.195. The average molecular weight is 413 g/mol. The maximum Gasteiger partial charge on any atom is 0.261 e. The van der Waals surface area contributed by atoms with Crippen LogP contribution in [-0.4, -0.2) is 42.0 Å². The number of benzene rings is 2. The van der Waals surface area contributed by atoms with Gasteiger partial charge in [0.05, 0.1) is 7.11 Å². The van der Waals surface area contributed by atoms with E-state index in [1.807, 2.05) is 64.1 Å². The van der Waals surface area contributed by atoms with E-state index in [2.05, 4.69) is 5.32 Å². The largest absolute Gasteiger partial charge is 0.493 e. The molecule has 0 unspecified atom stereocenters. The van der Waals surface area contributed by atoms with Crippen LogP contribution in [0.25, 0.3) is 0 Å². The summed E-state index contributed by atoms with van der Waals surface area (Å²) in [6, 6.07) is 14.4. The minimum atomic E-state index is -0.653. The molecule has 0 saturated carbocycles. The monoisotopic (exact) mass is 412 g/mol. The molecule has 2 aromatic rings. The van der Waals surface area contributed by atoms with Crippen molar-refractivity contribution in [2.24, 2.45) is 0 Å². The fourth-order valence-electron chi connectivity index (χ4n) is 2.91. The first-order chi connectivity index (χ1) is 14.1. The van der Waals surface area contributed by atoms with Gasteiger partial charge in [-0.05, 0) is 52.3 Å². The maximum absolute atomic E-state index is 13.1. The summed E-state index contributed by atoms with van der Waals surface area (Å²) in [6.45, 7) is 9.59. The highest BCUT2D eigenvalue weighted by Gasteiger charge is 2.28. The predicted octanol–water partition coefficient (Wildman–Crippen LogP) is 3.71. The highest BCUT2D eigenvalue weighted by Crippen LogP contribution is 2.26. The number of amides is 2. The summed E-state index contributed by atoms with van der Waals surface area (Å²) < 4.78 is 11.0. The highest BCUT2D eigenvalue weighted by atomic mass is 16.5. The maximum atomic E-state index is 13.1. The Kier molecular flexibility index (Phi) is 7.86. The van der Waals surface area contributed by atoms with Gasteiger partial charge < -0.3 is 19.7 Å². The number of carbonyl (C=O) groups excluding carboxylic acids is 2. The molecule has 0 bridgehead atoms. The molecule has 0 aliphatic rings. The summed E-state index contributed by atoms with van der Waals surface area (Å²) in [5.74, 6) is 0.544. The third-order valence-electron chi connectivity index (χ3n) is 4.56. The molecular weight excluding hydrogens is 380 g/mol. The van der Waals surface area contributed by atoms with Gasteiger partial charge >= 0.3 is 0 Å². The Morgan fingerprint density at radius 3 is 2.20 bits per heavy atom. The summed E-state index contributed by atoms with van der Waals surface area (Å²) in [7, 11) is 1.55. The van der Waals surface area contributed by atoms with E-state index in [1.54, 1.807) is 31.1 Å². The summed E-state index contributed by atoms with van der Waals surface area (Å²) >= 11 is 0. The van der Waals surface area contributed by atoms with Crippen molar-refractivity contribution >= 4 is 11.8 Å². The van der Waals surface area contributed by atoms with Crippen molar-refractivity contribution in [1.82, 2.24) is 10.2 Å². The number of ether oxygens (including phenoxy) is 2. The molecule has 0 spiro atoms. The van der Waals surface area contributed by atoms with Gasteiger partial charge in [0.25, 0.3) is 5.91 Å². The molecule has 162 valence electrons. The molecule has 30 heavy (non-hydrogen) atoms. The van der Waals surface area contributed by atoms with Gasteiger partial charge in [-0.15, -0.1) is 0 Å². The number of aryl methyl sites for hydroxylation is 1. The van der Waals surface area contributed by atoms with Gasteiger partial charge in [-0.2, -0.15) is 0 Å². The third-order valence-corrected chi connectivity index (χ3v) is 4.56. The van der Waals surface area contributed by atoms with Crippen molar-refractivity contribution in [3.63, 3.8) is 0 Å². The van der Waals surface area contributed by atoms with Gasteiger partial charge in [-0.25, -0.2) is 0 Å². The molecule has 6 nitrogen and oxygen atoms in total. The van der Waals surface area contributed by atoms with Crippen molar-refractivity contribution in [3.8, 4) is 11.5 Å². The number of methoxy groups -OCH3 is 1. The van der Waals surface area contributed by atoms with Gasteiger partial charge in [-0.3, -0.25) is 9.59 Å². The summed E-state index contributed by atoms with van der Waals surface area (Å²) in [5, 5.41) is 2.95. The number of hydrogen-bond acceptors (Lipinski definition) is 4. The smallest absolute Gasteiger partial charge is 0.261 e. The van der Waals surface area contributed by atoms with Crippen LogP contribution in [0.4, 0.5) is 0 Å². The molecule has 2 rings (SSSR count). The summed E-state index contributed by atoms with van der Waals surface area (Å²) in [4.78, 5) is 27.4. The zero-order valence-electron chi connectivity index (χ0n) is 18.7. The predicted molar refractivity (Wildman–Crippen MR) is 118 cm³/mol. The lowest BCUT2D eigenvalue weighted by Crippen LogP contribution is -2.53. The van der Waals surface area contributed by atoms with Crippen LogP contribution >= 0.6 is 0 Å². The van der Waals surface area contributed by atoms with Crippen LogP contribution in [-0.2, 0) is 16.1 Å². The SMILES string of the molecule is COc1ccccc1OCC(=O)N(Cc1ccc(C)cc1)[C@@H](C)C(=O)NC(C)(C)C. The molecule has 0 aliphatic heterocycles. The van der Waals surface area contributed by atoms with E-state index < -0.39 is 11.6 Å². The topological polar surface area (TPSA) is 67.9 Å². The fourth-order valence-corrected chi connectivity index (χ4v) is 2.91. The lowest BCUT2D eigenvalue weighted by atomic mass is 10.1. The molecular formula is C24H32N2O4. The second-order valence-corrected chi connectivity index (χ2v) is 8.36. The molecule has 2 aromatic carbocycles. The van der Waals surface area contributed by atoms with Crippen molar-refractivity contribution in [1.29, 1.82) is 0 Å². The Hall–Kier alpha value is -3.02. The Labute approximate surface area is 179 Å². The van der Waals surface area contributed by atoms with Gasteiger partial charge in [0.15, 0.2) is 18.1 Å². The minimum Gasteiger partial charge on any atom is -0.493 e. The third kappa shape index (κ3) is 6.79. The Morgan fingerprint density at radius 2 is 1.63 bits per heavy atom. The van der Waals surface area contributed by atoms with Crippen molar-refractivity contribution in [3.05, 3.63) is 59.7 Å². The number of nitrogens with one attached hydrogen (secondary N) is 1. The number of hydrogen-bond donors (Lipinski definition) is 1. The van der Waals surface area contributed by atoms with Crippen LogP contribution < -0.4 is 14.8 Å². The number of rotatable bonds is 8. The van der Waals surface area contributed by atoms with Crippen LogP contribution in [0, 0.1) is 6.92 Å². The van der Waals surface area contributed by atoms with E-state index in [4.69, 9.17) is 9.47 Å². The highest BCUT2D eigenvalue weighted by molar-refractivity contribution is 5.88. The van der Waals surface area contributed by atoms with Gasteiger partial charge in [-0.1, -0.05) is 42.0 Å². The van der Waals surface area contributed by atoms with Crippen LogP contribution in [0.2, 0.25) is 0 Å². The van der Waals surface area contributed by atoms with E-state index in [9.17, 15) is 9.59 Å².